The molecule has 2 saturated heterocycles. The van der Waals surface area contributed by atoms with Crippen molar-refractivity contribution in [3.8, 4) is 0 Å². The second kappa shape index (κ2) is 19.2. The zero-order valence-corrected chi connectivity index (χ0v) is 25.9. The van der Waals surface area contributed by atoms with E-state index in [2.05, 4.69) is 38.9 Å². The molecule has 3 heterocycles. The van der Waals surface area contributed by atoms with Crippen LogP contribution in [0.1, 0.15) is 56.1 Å². The van der Waals surface area contributed by atoms with E-state index in [-0.39, 0.29) is 17.1 Å². The Labute approximate surface area is 249 Å². The first-order valence-electron chi connectivity index (χ1n) is 14.1. The number of amides is 1. The number of nitrogens with one attached hydrogen (secondary N) is 2. The smallest absolute Gasteiger partial charge is 0.291 e. The van der Waals surface area contributed by atoms with Crippen molar-refractivity contribution in [3.05, 3.63) is 50.9 Å². The van der Waals surface area contributed by atoms with Crippen molar-refractivity contribution in [2.75, 3.05) is 63.6 Å². The first-order chi connectivity index (χ1) is 19.8. The van der Waals surface area contributed by atoms with E-state index in [1.165, 1.54) is 18.4 Å². The number of piperazine rings is 1. The van der Waals surface area contributed by atoms with E-state index in [0.29, 0.717) is 24.4 Å². The van der Waals surface area contributed by atoms with E-state index in [9.17, 15) is 9.59 Å². The Balaban J connectivity index is 0.000000590. The van der Waals surface area contributed by atoms with E-state index >= 15 is 0 Å². The van der Waals surface area contributed by atoms with E-state index in [0.717, 1.165) is 57.8 Å². The number of carbonyl (C=O) groups is 2. The molecule has 1 amide bonds. The van der Waals surface area contributed by atoms with Crippen LogP contribution < -0.4 is 21.5 Å². The SMILES string of the molecule is C=O.CCNC(=O)c1[nH]c(=O)c(N2CCN(C3CCN(CC)CC3)C(CC)C2)nc1N.CO.Cc1ccc(Cl)cc1. The summed E-state index contributed by atoms with van der Waals surface area (Å²) in [5.74, 6) is -0.0294. The molecule has 2 aliphatic rings. The summed E-state index contributed by atoms with van der Waals surface area (Å²) in [6, 6.07) is 8.74. The Morgan fingerprint density at radius 3 is 2.24 bits per heavy atom. The number of rotatable bonds is 6. The molecule has 0 spiro atoms. The van der Waals surface area contributed by atoms with E-state index in [1.54, 1.807) is 0 Å². The van der Waals surface area contributed by atoms with Gasteiger partial charge in [0, 0.05) is 50.4 Å². The number of halogens is 1. The first kappa shape index (κ1) is 36.0. The van der Waals surface area contributed by atoms with Crippen LogP contribution in [0.25, 0.3) is 0 Å². The number of nitrogens with zero attached hydrogens (tertiary/aromatic N) is 4. The number of nitrogen functional groups attached to an aromatic ring is 1. The highest BCUT2D eigenvalue weighted by atomic mass is 35.5. The lowest BCUT2D eigenvalue weighted by Gasteiger charge is -2.47. The Hall–Kier alpha value is -2.99. The van der Waals surface area contributed by atoms with Crippen molar-refractivity contribution in [3.63, 3.8) is 0 Å². The highest BCUT2D eigenvalue weighted by Crippen LogP contribution is 2.25. The lowest BCUT2D eigenvalue weighted by molar-refractivity contribution is -0.0980. The summed E-state index contributed by atoms with van der Waals surface area (Å²) in [4.78, 5) is 46.8. The van der Waals surface area contributed by atoms with Crippen molar-refractivity contribution in [2.45, 2.75) is 59.0 Å². The van der Waals surface area contributed by atoms with Crippen LogP contribution in [0.15, 0.2) is 29.1 Å². The van der Waals surface area contributed by atoms with Crippen LogP contribution in [-0.2, 0) is 4.79 Å². The molecule has 1 aromatic heterocycles. The Morgan fingerprint density at radius 1 is 1.12 bits per heavy atom. The monoisotopic (exact) mass is 593 g/mol. The number of piperidine rings is 1. The third-order valence-corrected chi connectivity index (χ3v) is 7.52. The summed E-state index contributed by atoms with van der Waals surface area (Å²) in [6.45, 7) is 16.6. The fourth-order valence-electron chi connectivity index (χ4n) is 5.10. The molecule has 0 bridgehead atoms. The molecule has 0 radical (unpaired) electrons. The number of aromatic nitrogens is 2. The number of nitrogens with two attached hydrogens (primary N) is 1. The molecule has 4 rings (SSSR count). The minimum atomic E-state index is -0.407. The number of aliphatic hydroxyl groups is 1. The summed E-state index contributed by atoms with van der Waals surface area (Å²) in [6.07, 6.45) is 3.43. The Bertz CT molecular complexity index is 1070. The number of aryl methyl sites for hydroxylation is 1. The molecule has 2 fully saturated rings. The maximum absolute atomic E-state index is 12.6. The molecule has 41 heavy (non-hydrogen) atoms. The zero-order valence-electron chi connectivity index (χ0n) is 25.2. The number of aromatic amines is 1. The summed E-state index contributed by atoms with van der Waals surface area (Å²) in [5.41, 5.74) is 6.90. The van der Waals surface area contributed by atoms with Gasteiger partial charge in [-0.1, -0.05) is 43.1 Å². The molecule has 1 atom stereocenters. The first-order valence-corrected chi connectivity index (χ1v) is 14.5. The van der Waals surface area contributed by atoms with Crippen molar-refractivity contribution in [1.29, 1.82) is 0 Å². The number of hydrogen-bond donors (Lipinski definition) is 4. The number of benzene rings is 1. The van der Waals surface area contributed by atoms with Crippen LogP contribution in [0.2, 0.25) is 5.02 Å². The molecule has 0 saturated carbocycles. The quantitative estimate of drug-likeness (QED) is 0.396. The van der Waals surface area contributed by atoms with Gasteiger partial charge in [0.15, 0.2) is 11.6 Å². The lowest BCUT2D eigenvalue weighted by Crippen LogP contribution is -2.59. The normalized spacial score (nSPS) is 17.6. The largest absolute Gasteiger partial charge is 0.400 e. The van der Waals surface area contributed by atoms with Crippen LogP contribution in [0.3, 0.4) is 0 Å². The predicted molar refractivity (Wildman–Crippen MR) is 167 cm³/mol. The molecule has 2 aromatic rings. The molecular weight excluding hydrogens is 546 g/mol. The third-order valence-electron chi connectivity index (χ3n) is 7.27. The molecule has 11 nitrogen and oxygen atoms in total. The van der Waals surface area contributed by atoms with Crippen LogP contribution in [0.4, 0.5) is 11.6 Å². The second-order valence-electron chi connectivity index (χ2n) is 9.72. The van der Waals surface area contributed by atoms with Crippen molar-refractivity contribution in [1.82, 2.24) is 25.1 Å². The Kier molecular flexibility index (Phi) is 16.9. The van der Waals surface area contributed by atoms with Crippen LogP contribution in [-0.4, -0.2) is 103 Å². The van der Waals surface area contributed by atoms with Crippen molar-refractivity contribution in [2.24, 2.45) is 0 Å². The van der Waals surface area contributed by atoms with Gasteiger partial charge in [0.25, 0.3) is 11.5 Å². The van der Waals surface area contributed by atoms with Gasteiger partial charge in [-0.2, -0.15) is 0 Å². The molecule has 1 aromatic carbocycles. The van der Waals surface area contributed by atoms with Crippen LogP contribution in [0, 0.1) is 6.92 Å². The maximum atomic E-state index is 12.6. The summed E-state index contributed by atoms with van der Waals surface area (Å²) in [7, 11) is 1.00. The molecule has 0 aliphatic carbocycles. The van der Waals surface area contributed by atoms with Crippen LogP contribution >= 0.6 is 11.6 Å². The van der Waals surface area contributed by atoms with E-state index < -0.39 is 5.91 Å². The van der Waals surface area contributed by atoms with E-state index in [4.69, 9.17) is 27.2 Å². The van der Waals surface area contributed by atoms with Crippen molar-refractivity contribution < 1.29 is 14.7 Å². The summed E-state index contributed by atoms with van der Waals surface area (Å²) in [5, 5.41) is 10.4. The number of hydrogen-bond acceptors (Lipinski definition) is 9. The van der Waals surface area contributed by atoms with Crippen molar-refractivity contribution >= 4 is 35.9 Å². The highest BCUT2D eigenvalue weighted by molar-refractivity contribution is 6.30. The predicted octanol–water partition coefficient (Wildman–Crippen LogP) is 2.56. The average molecular weight is 594 g/mol. The fraction of sp³-hybridized carbons (Fsp3) is 0.586. The van der Waals surface area contributed by atoms with E-state index in [1.807, 2.05) is 49.8 Å². The molecule has 5 N–H and O–H groups in total. The van der Waals surface area contributed by atoms with Gasteiger partial charge in [-0.15, -0.1) is 0 Å². The summed E-state index contributed by atoms with van der Waals surface area (Å²) < 4.78 is 0. The minimum absolute atomic E-state index is 0.0361. The topological polar surface area (TPSA) is 148 Å². The Morgan fingerprint density at radius 2 is 1.73 bits per heavy atom. The number of H-pyrrole nitrogens is 1. The number of carbonyl (C=O) groups excluding carboxylic acids is 2. The lowest BCUT2D eigenvalue weighted by atomic mass is 9.98. The van der Waals surface area contributed by atoms with Gasteiger partial charge in [0.1, 0.15) is 12.5 Å². The second-order valence-corrected chi connectivity index (χ2v) is 10.2. The van der Waals surface area contributed by atoms with Gasteiger partial charge in [0.05, 0.1) is 0 Å². The van der Waals surface area contributed by atoms with Gasteiger partial charge in [-0.25, -0.2) is 4.98 Å². The van der Waals surface area contributed by atoms with Gasteiger partial charge in [-0.05, 0) is 64.9 Å². The third kappa shape index (κ3) is 10.7. The highest BCUT2D eigenvalue weighted by Gasteiger charge is 2.34. The molecule has 1 unspecified atom stereocenters. The minimum Gasteiger partial charge on any atom is -0.400 e. The molecule has 12 heteroatoms. The molecule has 230 valence electrons. The average Bonchev–Trinajstić information content (AvgIpc) is 3.01. The standard InChI is InChI=1S/C20H35N7O2.C7H7Cl.CH4O.CH2O/c1-4-14-13-26(11-12-27(14)15-7-9-25(6-3)10-8-15)18-20(29)23-16(17(21)24-18)19(28)22-5-2;1-6-2-4-7(8)5-3-6;2*1-2/h14-15H,4-13H2,1-3H3,(H2,21,24)(H,22,28)(H,23,29);2-5H,1H3;2H,1H3;1H2. The maximum Gasteiger partial charge on any atom is 0.291 e. The number of aliphatic hydroxyl groups excluding tert-OH is 1. The number of likely N-dealkylation sites (tertiary alicyclic amines) is 1. The van der Waals surface area contributed by atoms with Gasteiger partial charge in [0.2, 0.25) is 0 Å². The van der Waals surface area contributed by atoms with Crippen LogP contribution in [0.5, 0.6) is 0 Å². The summed E-state index contributed by atoms with van der Waals surface area (Å²) >= 11 is 5.61. The van der Waals surface area contributed by atoms with Gasteiger partial charge < -0.3 is 35.7 Å². The van der Waals surface area contributed by atoms with Gasteiger partial charge in [-0.3, -0.25) is 14.5 Å². The molecular formula is C29H48ClN7O4. The molecule has 2 aliphatic heterocycles. The van der Waals surface area contributed by atoms with Gasteiger partial charge >= 0.3 is 0 Å². The fourth-order valence-corrected chi connectivity index (χ4v) is 5.22. The number of anilines is 2. The zero-order chi connectivity index (χ0) is 30.9.